The summed E-state index contributed by atoms with van der Waals surface area (Å²) in [7, 11) is 0. The van der Waals surface area contributed by atoms with Crippen molar-refractivity contribution in [2.24, 2.45) is 0 Å². The topological polar surface area (TPSA) is 66.4 Å². The molecule has 4 heteroatoms. The first kappa shape index (κ1) is 17.4. The quantitative estimate of drug-likeness (QED) is 0.615. The Balaban J connectivity index is 2.56. The van der Waals surface area contributed by atoms with Gasteiger partial charge in [-0.15, -0.1) is 0 Å². The fourth-order valence-electron chi connectivity index (χ4n) is 2.21. The number of benzene rings is 1. The molecule has 0 aliphatic rings. The summed E-state index contributed by atoms with van der Waals surface area (Å²) >= 11 is 0. The van der Waals surface area contributed by atoms with Crippen LogP contribution in [0.5, 0.6) is 0 Å². The lowest BCUT2D eigenvalue weighted by Crippen LogP contribution is -2.39. The van der Waals surface area contributed by atoms with Crippen LogP contribution in [0.25, 0.3) is 0 Å². The van der Waals surface area contributed by atoms with Crippen molar-refractivity contribution in [3.8, 4) is 0 Å². The Labute approximate surface area is 126 Å². The average Bonchev–Trinajstić information content (AvgIpc) is 2.49. The number of carboxylic acids is 1. The lowest BCUT2D eigenvalue weighted by atomic mass is 9.99. The number of carboxylic acid groups (broad SMARTS) is 1. The molecule has 1 rings (SSSR count). The first-order valence-corrected chi connectivity index (χ1v) is 7.65. The molecule has 0 heterocycles. The van der Waals surface area contributed by atoms with E-state index >= 15 is 0 Å². The minimum atomic E-state index is -0.923. The van der Waals surface area contributed by atoms with E-state index in [2.05, 4.69) is 12.2 Å². The van der Waals surface area contributed by atoms with E-state index in [1.165, 1.54) is 0 Å². The van der Waals surface area contributed by atoms with Crippen molar-refractivity contribution >= 4 is 11.8 Å². The zero-order chi connectivity index (χ0) is 15.5. The van der Waals surface area contributed by atoms with Gasteiger partial charge in [-0.2, -0.15) is 0 Å². The Morgan fingerprint density at radius 2 is 1.86 bits per heavy atom. The number of hydrogen-bond acceptors (Lipinski definition) is 3. The third-order valence-electron chi connectivity index (χ3n) is 3.43. The second-order valence-corrected chi connectivity index (χ2v) is 5.26. The minimum absolute atomic E-state index is 0.0160. The third-order valence-corrected chi connectivity index (χ3v) is 3.43. The predicted molar refractivity (Wildman–Crippen MR) is 83.3 cm³/mol. The highest BCUT2D eigenvalue weighted by Crippen LogP contribution is 2.07. The molecule has 116 valence electrons. The Hall–Kier alpha value is -1.68. The zero-order valence-corrected chi connectivity index (χ0v) is 12.7. The fourth-order valence-corrected chi connectivity index (χ4v) is 2.21. The van der Waals surface area contributed by atoms with Gasteiger partial charge in [-0.05, 0) is 24.9 Å². The number of nitrogens with one attached hydrogen (secondary N) is 1. The maximum absolute atomic E-state index is 12.2. The molecule has 0 aromatic heterocycles. The molecule has 1 unspecified atom stereocenters. The summed E-state index contributed by atoms with van der Waals surface area (Å²) in [5, 5.41) is 12.0. The average molecular weight is 291 g/mol. The molecule has 1 aromatic rings. The van der Waals surface area contributed by atoms with Crippen molar-refractivity contribution in [2.45, 2.75) is 51.5 Å². The minimum Gasteiger partial charge on any atom is -0.481 e. The van der Waals surface area contributed by atoms with Crippen LogP contribution in [0.2, 0.25) is 0 Å². The van der Waals surface area contributed by atoms with Crippen LogP contribution in [0.3, 0.4) is 0 Å². The Morgan fingerprint density at radius 3 is 2.48 bits per heavy atom. The third kappa shape index (κ3) is 7.61. The SMILES string of the molecule is CCCCCNC(Cc1ccccc1)C(=O)CCC(=O)O. The summed E-state index contributed by atoms with van der Waals surface area (Å²) in [6.07, 6.45) is 3.92. The van der Waals surface area contributed by atoms with Gasteiger partial charge in [0.2, 0.25) is 0 Å². The molecule has 21 heavy (non-hydrogen) atoms. The molecule has 0 amide bonds. The van der Waals surface area contributed by atoms with Gasteiger partial charge in [0.05, 0.1) is 12.5 Å². The standard InChI is InChI=1S/C17H25NO3/c1-2-3-7-12-18-15(16(19)10-11-17(20)21)13-14-8-5-4-6-9-14/h4-6,8-9,15,18H,2-3,7,10-13H2,1H3,(H,20,21). The van der Waals surface area contributed by atoms with Gasteiger partial charge in [0.1, 0.15) is 0 Å². The lowest BCUT2D eigenvalue weighted by Gasteiger charge is -2.17. The molecule has 2 N–H and O–H groups in total. The first-order chi connectivity index (χ1) is 10.1. The molecule has 0 fully saturated rings. The maximum Gasteiger partial charge on any atom is 0.303 e. The molecule has 0 saturated heterocycles. The van der Waals surface area contributed by atoms with Crippen molar-refractivity contribution in [1.82, 2.24) is 5.32 Å². The maximum atomic E-state index is 12.2. The summed E-state index contributed by atoms with van der Waals surface area (Å²) < 4.78 is 0. The molecule has 1 aromatic carbocycles. The van der Waals surface area contributed by atoms with E-state index in [1.807, 2.05) is 30.3 Å². The van der Waals surface area contributed by atoms with Crippen molar-refractivity contribution in [3.63, 3.8) is 0 Å². The largest absolute Gasteiger partial charge is 0.481 e. The van der Waals surface area contributed by atoms with Gasteiger partial charge < -0.3 is 10.4 Å². The van der Waals surface area contributed by atoms with E-state index in [9.17, 15) is 9.59 Å². The molecule has 0 aliphatic heterocycles. The van der Waals surface area contributed by atoms with Gasteiger partial charge in [0.15, 0.2) is 5.78 Å². The fraction of sp³-hybridized carbons (Fsp3) is 0.529. The monoisotopic (exact) mass is 291 g/mol. The zero-order valence-electron chi connectivity index (χ0n) is 12.7. The Morgan fingerprint density at radius 1 is 1.14 bits per heavy atom. The van der Waals surface area contributed by atoms with E-state index in [0.29, 0.717) is 6.42 Å². The van der Waals surface area contributed by atoms with Crippen molar-refractivity contribution < 1.29 is 14.7 Å². The number of ketones is 1. The van der Waals surface area contributed by atoms with Crippen LogP contribution >= 0.6 is 0 Å². The molecule has 4 nitrogen and oxygen atoms in total. The number of carbonyl (C=O) groups excluding carboxylic acids is 1. The molecule has 0 saturated carbocycles. The summed E-state index contributed by atoms with van der Waals surface area (Å²) in [4.78, 5) is 22.8. The van der Waals surface area contributed by atoms with Crippen LogP contribution in [-0.4, -0.2) is 29.4 Å². The van der Waals surface area contributed by atoms with Gasteiger partial charge >= 0.3 is 5.97 Å². The van der Waals surface area contributed by atoms with Crippen LogP contribution in [-0.2, 0) is 16.0 Å². The molecular weight excluding hydrogens is 266 g/mol. The summed E-state index contributed by atoms with van der Waals surface area (Å²) in [6.45, 7) is 2.93. The van der Waals surface area contributed by atoms with Crippen LogP contribution in [0.15, 0.2) is 30.3 Å². The second kappa shape index (κ2) is 10.1. The molecule has 0 radical (unpaired) electrons. The molecule has 0 bridgehead atoms. The molecule has 0 aliphatic carbocycles. The highest BCUT2D eigenvalue weighted by atomic mass is 16.4. The number of Topliss-reactive ketones (excluding diaryl/α,β-unsaturated/α-hetero) is 1. The molecule has 1 atom stereocenters. The number of unbranched alkanes of at least 4 members (excludes halogenated alkanes) is 2. The van der Waals surface area contributed by atoms with E-state index in [1.54, 1.807) is 0 Å². The summed E-state index contributed by atoms with van der Waals surface area (Å²) in [6, 6.07) is 9.54. The normalized spacial score (nSPS) is 12.0. The van der Waals surface area contributed by atoms with E-state index in [0.717, 1.165) is 31.4 Å². The van der Waals surface area contributed by atoms with Gasteiger partial charge in [-0.1, -0.05) is 50.1 Å². The number of aliphatic carboxylic acids is 1. The van der Waals surface area contributed by atoms with Crippen molar-refractivity contribution in [3.05, 3.63) is 35.9 Å². The van der Waals surface area contributed by atoms with E-state index in [-0.39, 0.29) is 24.7 Å². The highest BCUT2D eigenvalue weighted by Gasteiger charge is 2.18. The summed E-state index contributed by atoms with van der Waals surface area (Å²) in [5.41, 5.74) is 1.09. The van der Waals surface area contributed by atoms with Gasteiger partial charge in [0.25, 0.3) is 0 Å². The van der Waals surface area contributed by atoms with Crippen molar-refractivity contribution in [2.75, 3.05) is 6.54 Å². The summed E-state index contributed by atoms with van der Waals surface area (Å²) in [5.74, 6) is -0.939. The Bertz CT molecular complexity index is 431. The van der Waals surface area contributed by atoms with Crippen LogP contribution < -0.4 is 5.32 Å². The first-order valence-electron chi connectivity index (χ1n) is 7.65. The van der Waals surface area contributed by atoms with Crippen LogP contribution in [0.1, 0.15) is 44.6 Å². The van der Waals surface area contributed by atoms with Gasteiger partial charge in [0, 0.05) is 6.42 Å². The van der Waals surface area contributed by atoms with E-state index in [4.69, 9.17) is 5.11 Å². The highest BCUT2D eigenvalue weighted by molar-refractivity contribution is 5.87. The van der Waals surface area contributed by atoms with Crippen LogP contribution in [0, 0.1) is 0 Å². The number of rotatable bonds is 11. The Kier molecular flexibility index (Phi) is 8.36. The molecule has 0 spiro atoms. The molecular formula is C17H25NO3. The number of hydrogen-bond donors (Lipinski definition) is 2. The smallest absolute Gasteiger partial charge is 0.303 e. The van der Waals surface area contributed by atoms with Crippen molar-refractivity contribution in [1.29, 1.82) is 0 Å². The van der Waals surface area contributed by atoms with Gasteiger partial charge in [-0.25, -0.2) is 0 Å². The van der Waals surface area contributed by atoms with Gasteiger partial charge in [-0.3, -0.25) is 9.59 Å². The predicted octanol–water partition coefficient (Wildman–Crippen LogP) is 2.81. The number of carbonyl (C=O) groups is 2. The van der Waals surface area contributed by atoms with Crippen LogP contribution in [0.4, 0.5) is 0 Å². The van der Waals surface area contributed by atoms with E-state index < -0.39 is 5.97 Å². The second-order valence-electron chi connectivity index (χ2n) is 5.26. The lowest BCUT2D eigenvalue weighted by molar-refractivity contribution is -0.138.